The van der Waals surface area contributed by atoms with Crippen LogP contribution >= 0.6 is 11.6 Å². The smallest absolute Gasteiger partial charge is 0.254 e. The van der Waals surface area contributed by atoms with Gasteiger partial charge in [-0.2, -0.15) is 0 Å². The number of ether oxygens (including phenoxy) is 1. The average molecular weight is 460 g/mol. The lowest BCUT2D eigenvalue weighted by atomic mass is 10.1. The van der Waals surface area contributed by atoms with E-state index in [0.717, 1.165) is 22.2 Å². The molecule has 9 heteroatoms. The largest absolute Gasteiger partial charge is 0.490 e. The molecule has 0 radical (unpaired) electrons. The molecule has 2 aliphatic heterocycles. The minimum Gasteiger partial charge on any atom is -0.490 e. The van der Waals surface area contributed by atoms with Gasteiger partial charge in [0.2, 0.25) is 0 Å². The topological polar surface area (TPSA) is 63.6 Å². The number of benzene rings is 2. The van der Waals surface area contributed by atoms with Gasteiger partial charge in [0.25, 0.3) is 10.0 Å². The van der Waals surface area contributed by atoms with E-state index in [-0.39, 0.29) is 5.82 Å². The molecule has 160 valence electrons. The highest BCUT2D eigenvalue weighted by Crippen LogP contribution is 2.35. The Bertz CT molecular complexity index is 1350. The third-order valence-corrected chi connectivity index (χ3v) is 6.68. The van der Waals surface area contributed by atoms with Gasteiger partial charge in [-0.1, -0.05) is 11.6 Å². The first-order valence-corrected chi connectivity index (χ1v) is 11.6. The van der Waals surface area contributed by atoms with E-state index in [0.29, 0.717) is 42.6 Å². The molecule has 5 rings (SSSR count). The molecule has 0 aliphatic carbocycles. The van der Waals surface area contributed by atoms with Gasteiger partial charge in [0.15, 0.2) is 0 Å². The second-order valence-corrected chi connectivity index (χ2v) is 9.52. The molecule has 1 N–H and O–H groups in total. The van der Waals surface area contributed by atoms with Gasteiger partial charge in [-0.25, -0.2) is 12.8 Å². The Morgan fingerprint density at radius 2 is 2.06 bits per heavy atom. The van der Waals surface area contributed by atoms with Crippen molar-refractivity contribution in [1.82, 2.24) is 14.2 Å². The third-order valence-electron chi connectivity index (χ3n) is 5.33. The highest BCUT2D eigenvalue weighted by atomic mass is 35.5. The number of hydrogen-bond donors (Lipinski definition) is 1. The maximum atomic E-state index is 13.6. The molecule has 2 aliphatic rings. The van der Waals surface area contributed by atoms with Crippen molar-refractivity contribution in [3.63, 3.8) is 0 Å². The normalized spacial score (nSPS) is 18.1. The van der Waals surface area contributed by atoms with Crippen LogP contribution in [0.2, 0.25) is 5.02 Å². The van der Waals surface area contributed by atoms with Crippen LogP contribution in [-0.2, 0) is 16.6 Å². The number of aromatic nitrogens is 1. The van der Waals surface area contributed by atoms with E-state index in [2.05, 4.69) is 9.62 Å². The van der Waals surface area contributed by atoms with Gasteiger partial charge in [-0.3, -0.25) is 9.62 Å². The monoisotopic (exact) mass is 459 g/mol. The maximum Gasteiger partial charge on any atom is 0.254 e. The summed E-state index contributed by atoms with van der Waals surface area (Å²) in [6.07, 6.45) is 5.07. The van der Waals surface area contributed by atoms with Crippen LogP contribution in [0.4, 0.5) is 4.39 Å². The van der Waals surface area contributed by atoms with Crippen molar-refractivity contribution in [3.8, 4) is 11.4 Å². The molecular formula is C22H19ClFN3O3S. The molecule has 31 heavy (non-hydrogen) atoms. The number of sulfonamides is 1. The fraction of sp³-hybridized carbons (Fsp3) is 0.182. The number of halogens is 2. The Balaban J connectivity index is 1.49. The Labute approximate surface area is 184 Å². The van der Waals surface area contributed by atoms with Gasteiger partial charge in [0, 0.05) is 48.7 Å². The quantitative estimate of drug-likeness (QED) is 0.644. The fourth-order valence-corrected chi connectivity index (χ4v) is 5.14. The van der Waals surface area contributed by atoms with Crippen molar-refractivity contribution in [1.29, 1.82) is 0 Å². The van der Waals surface area contributed by atoms with Crippen LogP contribution in [-0.4, -0.2) is 37.6 Å². The lowest BCUT2D eigenvalue weighted by molar-refractivity contribution is 0.240. The number of rotatable bonds is 3. The lowest BCUT2D eigenvalue weighted by Crippen LogP contribution is -2.29. The van der Waals surface area contributed by atoms with E-state index >= 15 is 0 Å². The van der Waals surface area contributed by atoms with E-state index in [1.165, 1.54) is 23.7 Å². The van der Waals surface area contributed by atoms with Crippen molar-refractivity contribution in [2.75, 3.05) is 19.7 Å². The molecule has 0 unspecified atom stereocenters. The summed E-state index contributed by atoms with van der Waals surface area (Å²) in [5.74, 6) is 0.357. The zero-order chi connectivity index (χ0) is 21.6. The van der Waals surface area contributed by atoms with E-state index in [4.69, 9.17) is 16.3 Å². The highest BCUT2D eigenvalue weighted by Gasteiger charge is 2.21. The molecule has 6 nitrogen and oxygen atoms in total. The molecule has 0 saturated heterocycles. The SMILES string of the molecule is O=S1(=O)C=C(CN2CCOc3c(Cl)cc(-n4ccc5cc(F)ccc54)cc3C2)C=CN1. The van der Waals surface area contributed by atoms with Crippen molar-refractivity contribution in [3.05, 3.63) is 82.3 Å². The number of hydrogen-bond acceptors (Lipinski definition) is 4. The fourth-order valence-electron chi connectivity index (χ4n) is 3.98. The predicted octanol–water partition coefficient (Wildman–Crippen LogP) is 3.95. The third kappa shape index (κ3) is 4.06. The van der Waals surface area contributed by atoms with Crippen molar-refractivity contribution in [2.45, 2.75) is 6.54 Å². The number of fused-ring (bicyclic) bond motifs is 2. The van der Waals surface area contributed by atoms with Crippen LogP contribution in [0.15, 0.2) is 65.9 Å². The molecule has 3 aromatic rings. The molecule has 0 amide bonds. The first-order valence-electron chi connectivity index (χ1n) is 9.72. The zero-order valence-corrected chi connectivity index (χ0v) is 18.0. The van der Waals surface area contributed by atoms with Crippen LogP contribution in [0.1, 0.15) is 5.56 Å². The van der Waals surface area contributed by atoms with Crippen molar-refractivity contribution < 1.29 is 17.5 Å². The van der Waals surface area contributed by atoms with Gasteiger partial charge in [-0.05, 0) is 48.0 Å². The Kier molecular flexibility index (Phi) is 5.00. The average Bonchev–Trinajstić information content (AvgIpc) is 3.00. The molecule has 2 aromatic carbocycles. The summed E-state index contributed by atoms with van der Waals surface area (Å²) in [5.41, 5.74) is 3.33. The number of nitrogens with zero attached hydrogens (tertiary/aromatic N) is 2. The van der Waals surface area contributed by atoms with Gasteiger partial charge in [0.1, 0.15) is 18.2 Å². The second kappa shape index (κ2) is 7.71. The van der Waals surface area contributed by atoms with E-state index in [1.807, 2.05) is 29.0 Å². The first kappa shape index (κ1) is 20.1. The Morgan fingerprint density at radius 1 is 1.19 bits per heavy atom. The number of nitrogens with one attached hydrogen (secondary N) is 1. The van der Waals surface area contributed by atoms with Crippen molar-refractivity contribution >= 4 is 32.5 Å². The van der Waals surface area contributed by atoms with Crippen LogP contribution in [0.25, 0.3) is 16.6 Å². The molecule has 0 spiro atoms. The van der Waals surface area contributed by atoms with Crippen LogP contribution in [0.5, 0.6) is 5.75 Å². The van der Waals surface area contributed by atoms with Crippen LogP contribution in [0, 0.1) is 5.82 Å². The minimum absolute atomic E-state index is 0.280. The summed E-state index contributed by atoms with van der Waals surface area (Å²) in [4.78, 5) is 2.12. The van der Waals surface area contributed by atoms with Gasteiger partial charge in [-0.15, -0.1) is 0 Å². The molecule has 0 fully saturated rings. The highest BCUT2D eigenvalue weighted by molar-refractivity contribution is 7.92. The molecule has 3 heterocycles. The molecular weight excluding hydrogens is 441 g/mol. The Morgan fingerprint density at radius 3 is 2.90 bits per heavy atom. The van der Waals surface area contributed by atoms with Crippen molar-refractivity contribution in [2.24, 2.45) is 0 Å². The zero-order valence-electron chi connectivity index (χ0n) is 16.4. The summed E-state index contributed by atoms with van der Waals surface area (Å²) >= 11 is 6.56. The van der Waals surface area contributed by atoms with E-state index in [1.54, 1.807) is 12.1 Å². The van der Waals surface area contributed by atoms with Crippen LogP contribution in [0.3, 0.4) is 0 Å². The summed E-state index contributed by atoms with van der Waals surface area (Å²) in [7, 11) is -3.43. The lowest BCUT2D eigenvalue weighted by Gasteiger charge is -2.21. The standard InChI is InChI=1S/C22H19ClFN3O3S/c23-20-11-19(27-6-4-16-9-18(24)1-2-21(16)27)10-17-13-26(7-8-30-22(17)20)12-15-3-5-25-31(28,29)14-15/h1-6,9-11,14,25H,7-8,12-13H2. The Hall–Kier alpha value is -2.81. The van der Waals surface area contributed by atoms with Gasteiger partial charge >= 0.3 is 0 Å². The summed E-state index contributed by atoms with van der Waals surface area (Å²) in [6, 6.07) is 10.4. The molecule has 0 saturated carbocycles. The van der Waals surface area contributed by atoms with Gasteiger partial charge < -0.3 is 9.30 Å². The molecule has 0 atom stereocenters. The predicted molar refractivity (Wildman–Crippen MR) is 118 cm³/mol. The summed E-state index contributed by atoms with van der Waals surface area (Å²) < 4.78 is 47.4. The van der Waals surface area contributed by atoms with Gasteiger partial charge in [0.05, 0.1) is 15.9 Å². The second-order valence-electron chi connectivity index (χ2n) is 7.55. The summed E-state index contributed by atoms with van der Waals surface area (Å²) in [5, 5.41) is 2.55. The molecule has 1 aromatic heterocycles. The van der Waals surface area contributed by atoms with E-state index < -0.39 is 10.0 Å². The first-order chi connectivity index (χ1) is 14.9. The molecule has 0 bridgehead atoms. The van der Waals surface area contributed by atoms with Crippen LogP contribution < -0.4 is 9.46 Å². The maximum absolute atomic E-state index is 13.6. The van der Waals surface area contributed by atoms with E-state index in [9.17, 15) is 12.8 Å². The minimum atomic E-state index is -3.43. The summed E-state index contributed by atoms with van der Waals surface area (Å²) in [6.45, 7) is 2.09.